The van der Waals surface area contributed by atoms with Gasteiger partial charge in [0.2, 0.25) is 0 Å². The molecule has 2 saturated heterocycles. The fourth-order valence-electron chi connectivity index (χ4n) is 5.74. The molecule has 0 radical (unpaired) electrons. The van der Waals surface area contributed by atoms with Crippen molar-refractivity contribution < 1.29 is 9.59 Å². The summed E-state index contributed by atoms with van der Waals surface area (Å²) in [6.45, 7) is 10.1. The summed E-state index contributed by atoms with van der Waals surface area (Å²) in [5.74, 6) is 1.36. The molecule has 34 heavy (non-hydrogen) atoms. The number of aromatic nitrogens is 2. The van der Waals surface area contributed by atoms with Gasteiger partial charge in [-0.3, -0.25) is 4.79 Å². The second kappa shape index (κ2) is 9.96. The van der Waals surface area contributed by atoms with Crippen molar-refractivity contribution in [1.82, 2.24) is 19.8 Å². The number of anilines is 2. The number of likely N-dealkylation sites (N-methyl/N-ethyl adjacent to an activating group) is 1. The largest absolute Gasteiger partial charge is 0.365 e. The second-order valence-corrected chi connectivity index (χ2v) is 11.3. The number of hydrogen-bond donors (Lipinski definition) is 2. The van der Waals surface area contributed by atoms with E-state index in [1.807, 2.05) is 11.9 Å². The lowest BCUT2D eigenvalue weighted by atomic mass is 9.76. The van der Waals surface area contributed by atoms with Crippen molar-refractivity contribution >= 4 is 23.6 Å². The van der Waals surface area contributed by atoms with Gasteiger partial charge >= 0.3 is 6.03 Å². The molecular formula is C25H41N7O2. The third-order valence-electron chi connectivity index (χ3n) is 7.94. The Morgan fingerprint density at radius 3 is 2.56 bits per heavy atom. The minimum atomic E-state index is -0.565. The number of primary amides is 1. The number of rotatable bonds is 5. The zero-order chi connectivity index (χ0) is 24.5. The highest BCUT2D eigenvalue weighted by Crippen LogP contribution is 2.37. The number of nitrogens with zero attached hydrogens (tertiary/aromatic N) is 5. The highest BCUT2D eigenvalue weighted by atomic mass is 16.2. The first kappa shape index (κ1) is 24.5. The van der Waals surface area contributed by atoms with Crippen LogP contribution in [0.15, 0.2) is 6.20 Å². The number of nitrogens with one attached hydrogen (secondary N) is 1. The number of carbonyl (C=O) groups excluding carboxylic acids is 2. The molecule has 3 heterocycles. The van der Waals surface area contributed by atoms with Crippen molar-refractivity contribution in [3.8, 4) is 0 Å². The van der Waals surface area contributed by atoms with E-state index >= 15 is 0 Å². The van der Waals surface area contributed by atoms with E-state index in [1.165, 1.54) is 6.42 Å². The minimum Gasteiger partial charge on any atom is -0.365 e. The van der Waals surface area contributed by atoms with Crippen LogP contribution in [0, 0.1) is 11.3 Å². The number of hydrogen-bond acceptors (Lipinski definition) is 6. The molecule has 0 bridgehead atoms. The standard InChI is InChI=1S/C25H41N7O2/c1-25(2,3)17-7-5-8-18(11-10-17)28-23-21(22(26)33)27-15-20(29-23)31-12-6-9-19(16-31)32-14-13-30(4)24(32)34/h15,17-19H,5-14,16H2,1-4H3,(H2,26,33)(H,28,29). The quantitative estimate of drug-likeness (QED) is 0.638. The Labute approximate surface area is 203 Å². The van der Waals surface area contributed by atoms with Crippen LogP contribution in [-0.4, -0.2) is 77.0 Å². The van der Waals surface area contributed by atoms with Gasteiger partial charge in [-0.1, -0.05) is 27.2 Å². The molecular weight excluding hydrogens is 430 g/mol. The van der Waals surface area contributed by atoms with Gasteiger partial charge in [-0.05, 0) is 49.9 Å². The van der Waals surface area contributed by atoms with E-state index in [0.717, 1.165) is 70.5 Å². The van der Waals surface area contributed by atoms with Crippen LogP contribution in [0.25, 0.3) is 0 Å². The Hall–Kier alpha value is -2.58. The normalized spacial score (nSPS) is 26.5. The summed E-state index contributed by atoms with van der Waals surface area (Å²) in [5, 5.41) is 3.53. The number of piperidine rings is 1. The molecule has 3 amide bonds. The van der Waals surface area contributed by atoms with Gasteiger partial charge in [0.05, 0.1) is 12.2 Å². The molecule has 0 aromatic carbocycles. The highest BCUT2D eigenvalue weighted by molar-refractivity contribution is 5.95. The van der Waals surface area contributed by atoms with Crippen LogP contribution in [0.2, 0.25) is 0 Å². The van der Waals surface area contributed by atoms with Crippen LogP contribution in [0.3, 0.4) is 0 Å². The third-order valence-corrected chi connectivity index (χ3v) is 7.94. The van der Waals surface area contributed by atoms with E-state index in [0.29, 0.717) is 17.2 Å². The number of nitrogens with two attached hydrogens (primary N) is 1. The first-order valence-corrected chi connectivity index (χ1v) is 12.8. The highest BCUT2D eigenvalue weighted by Gasteiger charge is 2.35. The lowest BCUT2D eigenvalue weighted by molar-refractivity contribution is 0.0996. The lowest BCUT2D eigenvalue weighted by Crippen LogP contribution is -2.49. The van der Waals surface area contributed by atoms with Crippen molar-refractivity contribution in [3.05, 3.63) is 11.9 Å². The van der Waals surface area contributed by atoms with Crippen molar-refractivity contribution in [3.63, 3.8) is 0 Å². The van der Waals surface area contributed by atoms with E-state index in [-0.39, 0.29) is 23.8 Å². The molecule has 9 nitrogen and oxygen atoms in total. The Balaban J connectivity index is 1.49. The molecule has 1 aliphatic carbocycles. The average Bonchev–Trinajstić information content (AvgIpc) is 2.98. The molecule has 1 aromatic heterocycles. The van der Waals surface area contributed by atoms with Gasteiger partial charge in [0.15, 0.2) is 11.5 Å². The maximum Gasteiger partial charge on any atom is 0.320 e. The molecule has 9 heteroatoms. The average molecular weight is 472 g/mol. The molecule has 4 rings (SSSR count). The third kappa shape index (κ3) is 5.39. The van der Waals surface area contributed by atoms with Crippen molar-refractivity contribution in [2.24, 2.45) is 17.1 Å². The van der Waals surface area contributed by atoms with Crippen LogP contribution in [0.5, 0.6) is 0 Å². The number of urea groups is 1. The number of amides is 3. The van der Waals surface area contributed by atoms with E-state index in [4.69, 9.17) is 10.7 Å². The summed E-state index contributed by atoms with van der Waals surface area (Å²) < 4.78 is 0. The summed E-state index contributed by atoms with van der Waals surface area (Å²) in [6, 6.07) is 0.518. The zero-order valence-corrected chi connectivity index (χ0v) is 21.2. The molecule has 3 aliphatic rings. The first-order valence-electron chi connectivity index (χ1n) is 12.8. The maximum atomic E-state index is 12.5. The van der Waals surface area contributed by atoms with Crippen LogP contribution < -0.4 is 16.0 Å². The molecule has 188 valence electrons. The SMILES string of the molecule is CN1CCN(C2CCCN(c3cnc(C(N)=O)c(NC4CCCC(C(C)(C)C)CC4)n3)C2)C1=O. The Kier molecular flexibility index (Phi) is 7.19. The van der Waals surface area contributed by atoms with E-state index in [1.54, 1.807) is 11.1 Å². The molecule has 2 aliphatic heterocycles. The van der Waals surface area contributed by atoms with Gasteiger partial charge in [-0.15, -0.1) is 0 Å². The summed E-state index contributed by atoms with van der Waals surface area (Å²) >= 11 is 0. The lowest BCUT2D eigenvalue weighted by Gasteiger charge is -2.38. The molecule has 3 N–H and O–H groups in total. The Morgan fingerprint density at radius 2 is 1.88 bits per heavy atom. The van der Waals surface area contributed by atoms with Gasteiger partial charge in [0.25, 0.3) is 5.91 Å². The summed E-state index contributed by atoms with van der Waals surface area (Å²) in [7, 11) is 1.85. The van der Waals surface area contributed by atoms with Crippen molar-refractivity contribution in [1.29, 1.82) is 0 Å². The smallest absolute Gasteiger partial charge is 0.320 e. The molecule has 3 atom stereocenters. The van der Waals surface area contributed by atoms with Gasteiger partial charge < -0.3 is 25.8 Å². The molecule has 0 spiro atoms. The van der Waals surface area contributed by atoms with Crippen LogP contribution in [-0.2, 0) is 0 Å². The van der Waals surface area contributed by atoms with Gasteiger partial charge in [-0.2, -0.15) is 0 Å². The minimum absolute atomic E-state index is 0.103. The summed E-state index contributed by atoms with van der Waals surface area (Å²) in [5.41, 5.74) is 6.16. The fraction of sp³-hybridized carbons (Fsp3) is 0.760. The van der Waals surface area contributed by atoms with E-state index < -0.39 is 5.91 Å². The van der Waals surface area contributed by atoms with Gasteiger partial charge in [-0.25, -0.2) is 14.8 Å². The van der Waals surface area contributed by atoms with Crippen LogP contribution in [0.1, 0.15) is 76.2 Å². The topological polar surface area (TPSA) is 108 Å². The van der Waals surface area contributed by atoms with Gasteiger partial charge in [0, 0.05) is 39.3 Å². The fourth-order valence-corrected chi connectivity index (χ4v) is 5.74. The molecule has 1 aromatic rings. The maximum absolute atomic E-state index is 12.5. The molecule has 3 fully saturated rings. The van der Waals surface area contributed by atoms with E-state index in [2.05, 4.69) is 36.0 Å². The Bertz CT molecular complexity index is 900. The van der Waals surface area contributed by atoms with E-state index in [9.17, 15) is 9.59 Å². The first-order chi connectivity index (χ1) is 16.1. The van der Waals surface area contributed by atoms with Crippen molar-refractivity contribution in [2.75, 3.05) is 43.4 Å². The zero-order valence-electron chi connectivity index (χ0n) is 21.2. The summed E-state index contributed by atoms with van der Waals surface area (Å²) in [4.78, 5) is 39.8. The van der Waals surface area contributed by atoms with Crippen molar-refractivity contribution in [2.45, 2.75) is 77.8 Å². The van der Waals surface area contributed by atoms with Crippen LogP contribution in [0.4, 0.5) is 16.4 Å². The molecule has 3 unspecified atom stereocenters. The monoisotopic (exact) mass is 471 g/mol. The second-order valence-electron chi connectivity index (χ2n) is 11.3. The predicted octanol–water partition coefficient (Wildman–Crippen LogP) is 3.32. The Morgan fingerprint density at radius 1 is 1.09 bits per heavy atom. The predicted molar refractivity (Wildman–Crippen MR) is 134 cm³/mol. The molecule has 1 saturated carbocycles. The number of carbonyl (C=O) groups is 2. The van der Waals surface area contributed by atoms with Gasteiger partial charge in [0.1, 0.15) is 5.82 Å². The summed E-state index contributed by atoms with van der Waals surface area (Å²) in [6.07, 6.45) is 9.26. The van der Waals surface area contributed by atoms with Crippen LogP contribution >= 0.6 is 0 Å².